The monoisotopic (exact) mass is 257 g/mol. The van der Waals surface area contributed by atoms with Crippen LogP contribution in [-0.4, -0.2) is 28.9 Å². The molecule has 3 N–H and O–H groups in total. The normalized spacial score (nSPS) is 12.3. The summed E-state index contributed by atoms with van der Waals surface area (Å²) in [5.74, 6) is 0.878. The van der Waals surface area contributed by atoms with Crippen LogP contribution < -0.4 is 10.6 Å². The summed E-state index contributed by atoms with van der Waals surface area (Å²) in [7, 11) is 0. The molecule has 1 aromatic carbocycles. The van der Waals surface area contributed by atoms with Crippen LogP contribution in [0.15, 0.2) is 30.5 Å². The molecule has 0 spiro atoms. The van der Waals surface area contributed by atoms with E-state index in [2.05, 4.69) is 9.97 Å². The highest BCUT2D eigenvalue weighted by molar-refractivity contribution is 5.80. The molecule has 0 aliphatic heterocycles. The number of anilines is 1. The lowest BCUT2D eigenvalue weighted by Gasteiger charge is -2.24. The van der Waals surface area contributed by atoms with Gasteiger partial charge in [0.1, 0.15) is 0 Å². The second kappa shape index (κ2) is 5.65. The first-order chi connectivity index (χ1) is 9.11. The van der Waals surface area contributed by atoms with E-state index in [-0.39, 0.29) is 11.8 Å². The number of nitrogens with two attached hydrogens (primary N) is 1. The van der Waals surface area contributed by atoms with Crippen molar-refractivity contribution in [2.45, 2.75) is 13.8 Å². The minimum atomic E-state index is -0.00461. The van der Waals surface area contributed by atoms with Crippen LogP contribution in [0.25, 0.3) is 10.9 Å². The van der Waals surface area contributed by atoms with Gasteiger partial charge in [-0.25, -0.2) is 9.97 Å². The Balaban J connectivity index is 2.27. The summed E-state index contributed by atoms with van der Waals surface area (Å²) < 4.78 is 0. The highest BCUT2D eigenvalue weighted by Gasteiger charge is 2.14. The van der Waals surface area contributed by atoms with E-state index >= 15 is 0 Å². The van der Waals surface area contributed by atoms with Crippen molar-refractivity contribution in [3.63, 3.8) is 0 Å². The van der Waals surface area contributed by atoms with Gasteiger partial charge in [-0.3, -0.25) is 5.41 Å². The summed E-state index contributed by atoms with van der Waals surface area (Å²) in [4.78, 5) is 11.0. The van der Waals surface area contributed by atoms with Crippen molar-refractivity contribution in [3.05, 3.63) is 30.5 Å². The molecule has 1 heterocycles. The first kappa shape index (κ1) is 13.3. The van der Waals surface area contributed by atoms with Gasteiger partial charge in [0, 0.05) is 30.6 Å². The van der Waals surface area contributed by atoms with Crippen LogP contribution in [0, 0.1) is 11.3 Å². The fourth-order valence-corrected chi connectivity index (χ4v) is 1.90. The van der Waals surface area contributed by atoms with Crippen LogP contribution in [-0.2, 0) is 0 Å². The Kier molecular flexibility index (Phi) is 3.94. The van der Waals surface area contributed by atoms with Gasteiger partial charge in [0.2, 0.25) is 5.95 Å². The molecule has 1 atom stereocenters. The highest BCUT2D eigenvalue weighted by Crippen LogP contribution is 2.15. The molecule has 1 aromatic heterocycles. The van der Waals surface area contributed by atoms with Crippen LogP contribution in [0.2, 0.25) is 0 Å². The average molecular weight is 257 g/mol. The van der Waals surface area contributed by atoms with Crippen molar-refractivity contribution >= 4 is 22.7 Å². The lowest BCUT2D eigenvalue weighted by molar-refractivity contribution is 0.683. The zero-order valence-corrected chi connectivity index (χ0v) is 11.3. The van der Waals surface area contributed by atoms with Crippen molar-refractivity contribution < 1.29 is 0 Å². The van der Waals surface area contributed by atoms with Gasteiger partial charge < -0.3 is 10.6 Å². The Morgan fingerprint density at radius 1 is 1.42 bits per heavy atom. The Bertz CT molecular complexity index is 581. The molecule has 5 heteroatoms. The van der Waals surface area contributed by atoms with Gasteiger partial charge in [-0.15, -0.1) is 0 Å². The molecule has 2 aromatic rings. The van der Waals surface area contributed by atoms with Gasteiger partial charge in [-0.2, -0.15) is 0 Å². The molecule has 0 bridgehead atoms. The molecule has 0 saturated carbocycles. The maximum absolute atomic E-state index is 7.47. The number of aromatic nitrogens is 2. The second-order valence-electron chi connectivity index (χ2n) is 4.62. The molecule has 2 rings (SSSR count). The summed E-state index contributed by atoms with van der Waals surface area (Å²) in [6, 6.07) is 7.91. The van der Waals surface area contributed by atoms with Gasteiger partial charge in [0.05, 0.1) is 11.4 Å². The largest absolute Gasteiger partial charge is 0.387 e. The van der Waals surface area contributed by atoms with E-state index < -0.39 is 0 Å². The molecule has 0 saturated heterocycles. The van der Waals surface area contributed by atoms with Gasteiger partial charge in [0.25, 0.3) is 0 Å². The number of nitrogens with one attached hydrogen (secondary N) is 1. The Labute approximate surface area is 113 Å². The minimum absolute atomic E-state index is 0.00461. The third-order valence-electron chi connectivity index (χ3n) is 3.17. The first-order valence-electron chi connectivity index (χ1n) is 6.42. The van der Waals surface area contributed by atoms with Gasteiger partial charge in [-0.05, 0) is 13.0 Å². The zero-order valence-electron chi connectivity index (χ0n) is 11.3. The Morgan fingerprint density at radius 2 is 2.16 bits per heavy atom. The molecule has 0 radical (unpaired) electrons. The average Bonchev–Trinajstić information content (AvgIpc) is 2.43. The van der Waals surface area contributed by atoms with Crippen molar-refractivity contribution in [2.24, 2.45) is 11.7 Å². The summed E-state index contributed by atoms with van der Waals surface area (Å²) in [5, 5.41) is 8.50. The highest BCUT2D eigenvalue weighted by atomic mass is 15.2. The number of nitrogens with zero attached hydrogens (tertiary/aromatic N) is 3. The van der Waals surface area contributed by atoms with Crippen LogP contribution in [0.3, 0.4) is 0 Å². The fourth-order valence-electron chi connectivity index (χ4n) is 1.90. The second-order valence-corrected chi connectivity index (χ2v) is 4.62. The van der Waals surface area contributed by atoms with E-state index in [4.69, 9.17) is 11.1 Å². The number of amidine groups is 1. The summed E-state index contributed by atoms with van der Waals surface area (Å²) >= 11 is 0. The minimum Gasteiger partial charge on any atom is -0.387 e. The van der Waals surface area contributed by atoms with Crippen LogP contribution in [0.5, 0.6) is 0 Å². The molecular weight excluding hydrogens is 238 g/mol. The molecule has 19 heavy (non-hydrogen) atoms. The Hall–Kier alpha value is -2.17. The number of benzene rings is 1. The fraction of sp³-hybridized carbons (Fsp3) is 0.357. The van der Waals surface area contributed by atoms with E-state index in [0.29, 0.717) is 12.5 Å². The third-order valence-corrected chi connectivity index (χ3v) is 3.17. The smallest absolute Gasteiger partial charge is 0.225 e. The molecule has 5 nitrogen and oxygen atoms in total. The Morgan fingerprint density at radius 3 is 2.84 bits per heavy atom. The van der Waals surface area contributed by atoms with E-state index in [1.165, 1.54) is 0 Å². The lowest BCUT2D eigenvalue weighted by Crippen LogP contribution is -2.35. The van der Waals surface area contributed by atoms with E-state index in [9.17, 15) is 0 Å². The van der Waals surface area contributed by atoms with Crippen molar-refractivity contribution in [2.75, 3.05) is 18.0 Å². The van der Waals surface area contributed by atoms with Crippen molar-refractivity contribution in [1.29, 1.82) is 5.41 Å². The van der Waals surface area contributed by atoms with Crippen LogP contribution in [0.4, 0.5) is 5.95 Å². The topological polar surface area (TPSA) is 78.9 Å². The predicted molar refractivity (Wildman–Crippen MR) is 78.5 cm³/mol. The SMILES string of the molecule is CCN(CC(C)C(=N)N)c1ncc2ccccc2n1. The predicted octanol–water partition coefficient (Wildman–Crippen LogP) is 2.03. The molecule has 0 aliphatic carbocycles. The quantitative estimate of drug-likeness (QED) is 0.634. The van der Waals surface area contributed by atoms with Crippen LogP contribution in [0.1, 0.15) is 13.8 Å². The number of rotatable bonds is 5. The summed E-state index contributed by atoms with van der Waals surface area (Å²) in [5.41, 5.74) is 6.46. The van der Waals surface area contributed by atoms with Gasteiger partial charge in [0.15, 0.2) is 0 Å². The summed E-state index contributed by atoms with van der Waals surface area (Å²) in [6.45, 7) is 5.43. The zero-order chi connectivity index (χ0) is 13.8. The number of hydrogen-bond donors (Lipinski definition) is 2. The lowest BCUT2D eigenvalue weighted by atomic mass is 10.1. The third kappa shape index (κ3) is 2.99. The van der Waals surface area contributed by atoms with E-state index in [1.807, 2.05) is 49.2 Å². The van der Waals surface area contributed by atoms with Gasteiger partial charge in [-0.1, -0.05) is 25.1 Å². The standard InChI is InChI=1S/C14H19N5/c1-3-19(9-10(2)13(15)16)14-17-8-11-6-4-5-7-12(11)18-14/h4-8,10H,3,9H2,1-2H3,(H3,15,16). The van der Waals surface area contributed by atoms with Gasteiger partial charge >= 0.3 is 0 Å². The first-order valence-corrected chi connectivity index (χ1v) is 6.42. The molecule has 100 valence electrons. The number of fused-ring (bicyclic) bond motifs is 1. The molecular formula is C14H19N5. The van der Waals surface area contributed by atoms with E-state index in [0.717, 1.165) is 17.4 Å². The molecule has 1 unspecified atom stereocenters. The summed E-state index contributed by atoms with van der Waals surface area (Å²) in [6.07, 6.45) is 1.83. The number of para-hydroxylation sites is 1. The van der Waals surface area contributed by atoms with Crippen molar-refractivity contribution in [1.82, 2.24) is 9.97 Å². The molecule has 0 amide bonds. The molecule has 0 fully saturated rings. The molecule has 0 aliphatic rings. The maximum Gasteiger partial charge on any atom is 0.225 e. The maximum atomic E-state index is 7.47. The van der Waals surface area contributed by atoms with Crippen LogP contribution >= 0.6 is 0 Å². The number of hydrogen-bond acceptors (Lipinski definition) is 4. The van der Waals surface area contributed by atoms with E-state index in [1.54, 1.807) is 0 Å². The van der Waals surface area contributed by atoms with Crippen molar-refractivity contribution in [3.8, 4) is 0 Å².